The van der Waals surface area contributed by atoms with Crippen LogP contribution < -0.4 is 5.73 Å². The van der Waals surface area contributed by atoms with Gasteiger partial charge in [-0.05, 0) is 12.3 Å². The number of sulfone groups is 1. The average molecular weight is 232 g/mol. The maximum atomic E-state index is 11.1. The molecule has 0 saturated heterocycles. The minimum absolute atomic E-state index is 0.115. The number of aromatic nitrogens is 1. The number of anilines is 1. The third-order valence-corrected chi connectivity index (χ3v) is 2.71. The molecule has 1 aromatic heterocycles. The Kier molecular flexibility index (Phi) is 3.38. The molecule has 0 spiro atoms. The average Bonchev–Trinajstić information content (AvgIpc) is 2.32. The molecular weight excluding hydrogens is 216 g/mol. The summed E-state index contributed by atoms with van der Waals surface area (Å²) in [5, 5.41) is 3.67. The van der Waals surface area contributed by atoms with Gasteiger partial charge in [0, 0.05) is 11.8 Å². The molecule has 0 fully saturated rings. The Morgan fingerprint density at radius 2 is 2.07 bits per heavy atom. The summed E-state index contributed by atoms with van der Waals surface area (Å²) >= 11 is 0. The van der Waals surface area contributed by atoms with Gasteiger partial charge in [-0.3, -0.25) is 0 Å². The van der Waals surface area contributed by atoms with Crippen LogP contribution in [0.15, 0.2) is 4.52 Å². The largest absolute Gasteiger partial charge is 0.367 e. The molecule has 0 unspecified atom stereocenters. The highest BCUT2D eigenvalue weighted by molar-refractivity contribution is 7.89. The van der Waals surface area contributed by atoms with Crippen molar-refractivity contribution in [3.8, 4) is 0 Å². The van der Waals surface area contributed by atoms with Crippen molar-refractivity contribution in [2.75, 3.05) is 12.0 Å². The molecule has 0 aliphatic rings. The first-order valence-electron chi connectivity index (χ1n) is 4.70. The number of hydrogen-bond acceptors (Lipinski definition) is 5. The van der Waals surface area contributed by atoms with Crippen LogP contribution in [0.4, 0.5) is 5.88 Å². The number of rotatable bonds is 4. The van der Waals surface area contributed by atoms with Crippen molar-refractivity contribution in [1.29, 1.82) is 0 Å². The lowest BCUT2D eigenvalue weighted by Gasteiger charge is -2.04. The number of nitrogens with zero attached hydrogens (tertiary/aromatic N) is 1. The van der Waals surface area contributed by atoms with E-state index in [4.69, 9.17) is 10.3 Å². The van der Waals surface area contributed by atoms with Gasteiger partial charge in [0.2, 0.25) is 5.88 Å². The third kappa shape index (κ3) is 3.54. The van der Waals surface area contributed by atoms with E-state index in [1.807, 2.05) is 13.8 Å². The topological polar surface area (TPSA) is 86.2 Å². The van der Waals surface area contributed by atoms with E-state index >= 15 is 0 Å². The van der Waals surface area contributed by atoms with Crippen LogP contribution in [0.2, 0.25) is 0 Å². The van der Waals surface area contributed by atoms with Crippen LogP contribution in [0.3, 0.4) is 0 Å². The Bertz CT molecular complexity index is 434. The lowest BCUT2D eigenvalue weighted by atomic mass is 10.0. The van der Waals surface area contributed by atoms with Crippen LogP contribution in [0.5, 0.6) is 0 Å². The summed E-state index contributed by atoms with van der Waals surface area (Å²) in [5.41, 5.74) is 6.74. The molecule has 1 heterocycles. The molecule has 0 aromatic carbocycles. The van der Waals surface area contributed by atoms with Crippen LogP contribution in [-0.2, 0) is 22.0 Å². The summed E-state index contributed by atoms with van der Waals surface area (Å²) in [6, 6.07) is 0. The highest BCUT2D eigenvalue weighted by Gasteiger charge is 2.18. The fourth-order valence-corrected chi connectivity index (χ4v) is 2.07. The Morgan fingerprint density at radius 3 is 2.53 bits per heavy atom. The van der Waals surface area contributed by atoms with Gasteiger partial charge in [-0.1, -0.05) is 19.0 Å². The van der Waals surface area contributed by atoms with E-state index in [2.05, 4.69) is 5.16 Å². The van der Waals surface area contributed by atoms with Gasteiger partial charge in [-0.25, -0.2) is 8.42 Å². The number of nitrogens with two attached hydrogens (primary N) is 1. The monoisotopic (exact) mass is 232 g/mol. The van der Waals surface area contributed by atoms with Gasteiger partial charge < -0.3 is 10.3 Å². The molecule has 0 bridgehead atoms. The molecular formula is C9H16N2O3S. The van der Waals surface area contributed by atoms with E-state index in [1.54, 1.807) is 0 Å². The van der Waals surface area contributed by atoms with Gasteiger partial charge in [0.1, 0.15) is 5.69 Å². The Hall–Kier alpha value is -1.04. The zero-order valence-electron chi connectivity index (χ0n) is 9.15. The SMILES string of the molecule is CC(C)Cc1c(CS(C)(=O)=O)noc1N. The van der Waals surface area contributed by atoms with E-state index < -0.39 is 9.84 Å². The third-order valence-electron chi connectivity index (χ3n) is 1.91. The smallest absolute Gasteiger partial charge is 0.225 e. The van der Waals surface area contributed by atoms with Gasteiger partial charge >= 0.3 is 0 Å². The van der Waals surface area contributed by atoms with E-state index in [-0.39, 0.29) is 11.6 Å². The fourth-order valence-electron chi connectivity index (χ4n) is 1.35. The van der Waals surface area contributed by atoms with Crippen molar-refractivity contribution >= 4 is 15.7 Å². The molecule has 15 heavy (non-hydrogen) atoms. The zero-order chi connectivity index (χ0) is 11.6. The summed E-state index contributed by atoms with van der Waals surface area (Å²) in [5.74, 6) is 0.489. The van der Waals surface area contributed by atoms with Crippen molar-refractivity contribution in [3.05, 3.63) is 11.3 Å². The molecule has 1 aromatic rings. The lowest BCUT2D eigenvalue weighted by molar-refractivity contribution is 0.429. The minimum atomic E-state index is -3.10. The van der Waals surface area contributed by atoms with Crippen molar-refractivity contribution < 1.29 is 12.9 Å². The fraction of sp³-hybridized carbons (Fsp3) is 0.667. The van der Waals surface area contributed by atoms with Crippen molar-refractivity contribution in [3.63, 3.8) is 0 Å². The predicted octanol–water partition coefficient (Wildman–Crippen LogP) is 1.000. The second kappa shape index (κ2) is 4.22. The summed E-state index contributed by atoms with van der Waals surface area (Å²) in [4.78, 5) is 0. The quantitative estimate of drug-likeness (QED) is 0.836. The Morgan fingerprint density at radius 1 is 1.47 bits per heavy atom. The van der Waals surface area contributed by atoms with Crippen molar-refractivity contribution in [2.24, 2.45) is 5.92 Å². The van der Waals surface area contributed by atoms with Crippen LogP contribution in [0.25, 0.3) is 0 Å². The van der Waals surface area contributed by atoms with Crippen LogP contribution in [-0.4, -0.2) is 19.8 Å². The maximum absolute atomic E-state index is 11.1. The molecule has 0 saturated carbocycles. The molecule has 0 atom stereocenters. The molecule has 1 rings (SSSR count). The highest BCUT2D eigenvalue weighted by Crippen LogP contribution is 2.21. The molecule has 86 valence electrons. The number of hydrogen-bond donors (Lipinski definition) is 1. The minimum Gasteiger partial charge on any atom is -0.367 e. The molecule has 2 N–H and O–H groups in total. The normalized spacial score (nSPS) is 12.3. The predicted molar refractivity (Wildman–Crippen MR) is 58.0 cm³/mol. The molecule has 6 heteroatoms. The molecule has 0 radical (unpaired) electrons. The van der Waals surface area contributed by atoms with Crippen molar-refractivity contribution in [1.82, 2.24) is 5.16 Å². The summed E-state index contributed by atoms with van der Waals surface area (Å²) in [7, 11) is -3.10. The van der Waals surface area contributed by atoms with E-state index in [0.29, 0.717) is 18.0 Å². The zero-order valence-corrected chi connectivity index (χ0v) is 9.97. The maximum Gasteiger partial charge on any atom is 0.225 e. The highest BCUT2D eigenvalue weighted by atomic mass is 32.2. The first kappa shape index (κ1) is 12.0. The molecule has 0 aliphatic carbocycles. The van der Waals surface area contributed by atoms with Gasteiger partial charge in [-0.2, -0.15) is 0 Å². The van der Waals surface area contributed by atoms with Crippen LogP contribution >= 0.6 is 0 Å². The first-order valence-corrected chi connectivity index (χ1v) is 6.76. The number of nitrogen functional groups attached to an aromatic ring is 1. The van der Waals surface area contributed by atoms with Gasteiger partial charge in [0.15, 0.2) is 9.84 Å². The summed E-state index contributed by atoms with van der Waals surface area (Å²) < 4.78 is 27.1. The van der Waals surface area contributed by atoms with Crippen molar-refractivity contribution in [2.45, 2.75) is 26.0 Å². The van der Waals surface area contributed by atoms with Gasteiger partial charge in [-0.15, -0.1) is 0 Å². The summed E-state index contributed by atoms with van der Waals surface area (Å²) in [6.45, 7) is 4.05. The Balaban J connectivity index is 2.98. The second-order valence-corrected chi connectivity index (χ2v) is 6.28. The van der Waals surface area contributed by atoms with E-state index in [0.717, 1.165) is 11.8 Å². The van der Waals surface area contributed by atoms with Gasteiger partial charge in [0.25, 0.3) is 0 Å². The molecule has 5 nitrogen and oxygen atoms in total. The first-order chi connectivity index (χ1) is 6.79. The van der Waals surface area contributed by atoms with Gasteiger partial charge in [0.05, 0.1) is 5.75 Å². The second-order valence-electron chi connectivity index (χ2n) is 4.14. The van der Waals surface area contributed by atoms with E-state index in [1.165, 1.54) is 0 Å². The van der Waals surface area contributed by atoms with E-state index in [9.17, 15) is 8.42 Å². The molecule has 0 amide bonds. The standard InChI is InChI=1S/C9H16N2O3S/c1-6(2)4-7-8(5-15(3,12)13)11-14-9(7)10/h6H,4-5,10H2,1-3H3. The summed E-state index contributed by atoms with van der Waals surface area (Å²) in [6.07, 6.45) is 1.84. The lowest BCUT2D eigenvalue weighted by Crippen LogP contribution is -2.06. The van der Waals surface area contributed by atoms with Crippen LogP contribution in [0.1, 0.15) is 25.1 Å². The Labute approximate surface area is 89.6 Å². The van der Waals surface area contributed by atoms with Crippen LogP contribution in [0, 0.1) is 5.92 Å². The molecule has 0 aliphatic heterocycles.